The van der Waals surface area contributed by atoms with Gasteiger partial charge >= 0.3 is 0 Å². The van der Waals surface area contributed by atoms with Gasteiger partial charge in [-0.25, -0.2) is 0 Å². The summed E-state index contributed by atoms with van der Waals surface area (Å²) in [5.74, 6) is 1.97. The third-order valence-corrected chi connectivity index (χ3v) is 8.95. The highest BCUT2D eigenvalue weighted by Gasteiger charge is 2.34. The summed E-state index contributed by atoms with van der Waals surface area (Å²) in [6.07, 6.45) is 8.67. The number of para-hydroxylation sites is 2. The van der Waals surface area contributed by atoms with Crippen LogP contribution in [0.15, 0.2) is 30.5 Å². The molecule has 2 N–H and O–H groups in total. The number of carbonyl (C=O) groups is 2. The fourth-order valence-electron chi connectivity index (χ4n) is 6.29. The average molecular weight is 535 g/mol. The van der Waals surface area contributed by atoms with Crippen LogP contribution in [0.4, 0.5) is 17.2 Å². The van der Waals surface area contributed by atoms with Crippen LogP contribution in [0.5, 0.6) is 0 Å². The minimum Gasteiger partial charge on any atom is -0.356 e. The van der Waals surface area contributed by atoms with Gasteiger partial charge in [0.25, 0.3) is 0 Å². The van der Waals surface area contributed by atoms with Crippen molar-refractivity contribution in [3.63, 3.8) is 0 Å². The monoisotopic (exact) mass is 534 g/mol. The van der Waals surface area contributed by atoms with E-state index in [9.17, 15) is 9.59 Å². The second-order valence-electron chi connectivity index (χ2n) is 13.1. The van der Waals surface area contributed by atoms with E-state index in [-0.39, 0.29) is 23.7 Å². The van der Waals surface area contributed by atoms with E-state index >= 15 is 0 Å². The molecule has 1 aromatic heterocycles. The van der Waals surface area contributed by atoms with Crippen LogP contribution in [0.2, 0.25) is 0 Å². The molecule has 0 spiro atoms. The molecule has 1 saturated carbocycles. The molecule has 2 aliphatic heterocycles. The van der Waals surface area contributed by atoms with Gasteiger partial charge in [-0.05, 0) is 88.0 Å². The van der Waals surface area contributed by atoms with Crippen molar-refractivity contribution < 1.29 is 9.59 Å². The van der Waals surface area contributed by atoms with E-state index in [0.717, 1.165) is 87.5 Å². The second kappa shape index (κ2) is 11.7. The van der Waals surface area contributed by atoms with Crippen LogP contribution >= 0.6 is 0 Å². The molecule has 8 heteroatoms. The van der Waals surface area contributed by atoms with Crippen molar-refractivity contribution >= 4 is 29.0 Å². The Hall–Kier alpha value is -2.87. The zero-order valence-electron chi connectivity index (χ0n) is 24.2. The molecule has 212 valence electrons. The highest BCUT2D eigenvalue weighted by atomic mass is 16.2. The first-order valence-electron chi connectivity index (χ1n) is 14.9. The zero-order valence-corrected chi connectivity index (χ0v) is 24.2. The number of rotatable bonds is 6. The Morgan fingerprint density at radius 1 is 1.03 bits per heavy atom. The molecule has 3 heterocycles. The second-order valence-corrected chi connectivity index (χ2v) is 13.1. The lowest BCUT2D eigenvalue weighted by Crippen LogP contribution is -2.43. The van der Waals surface area contributed by atoms with Crippen LogP contribution in [0.25, 0.3) is 0 Å². The SMILES string of the molecule is Cn1ncc2c1Nc1ccccc1N(C(=O)C1CCC(CNC(=O)C3CCN(CCC(C)(C)C)CC3)CC1)C2. The Balaban J connectivity index is 1.09. The predicted molar refractivity (Wildman–Crippen MR) is 156 cm³/mol. The van der Waals surface area contributed by atoms with Crippen LogP contribution in [0, 0.1) is 23.2 Å². The third-order valence-electron chi connectivity index (χ3n) is 8.95. The van der Waals surface area contributed by atoms with Gasteiger partial charge in [0, 0.05) is 31.0 Å². The molecule has 1 aliphatic carbocycles. The quantitative estimate of drug-likeness (QED) is 0.540. The summed E-state index contributed by atoms with van der Waals surface area (Å²) in [6, 6.07) is 8.03. The summed E-state index contributed by atoms with van der Waals surface area (Å²) in [6.45, 7) is 11.3. The van der Waals surface area contributed by atoms with Crippen LogP contribution < -0.4 is 15.5 Å². The van der Waals surface area contributed by atoms with Gasteiger partial charge in [0.05, 0.1) is 24.1 Å². The first kappa shape index (κ1) is 27.7. The van der Waals surface area contributed by atoms with Crippen molar-refractivity contribution in [2.75, 3.05) is 36.4 Å². The van der Waals surface area contributed by atoms with Crippen molar-refractivity contribution in [3.05, 3.63) is 36.0 Å². The number of fused-ring (bicyclic) bond motifs is 2. The van der Waals surface area contributed by atoms with Crippen LogP contribution in [0.3, 0.4) is 0 Å². The van der Waals surface area contributed by atoms with Gasteiger partial charge in [0.2, 0.25) is 11.8 Å². The number of carbonyl (C=O) groups excluding carboxylic acids is 2. The molecule has 0 bridgehead atoms. The number of amides is 2. The Labute approximate surface area is 233 Å². The van der Waals surface area contributed by atoms with E-state index in [2.05, 4.69) is 41.4 Å². The first-order chi connectivity index (χ1) is 18.7. The first-order valence-corrected chi connectivity index (χ1v) is 14.9. The number of hydrogen-bond acceptors (Lipinski definition) is 5. The number of aryl methyl sites for hydroxylation is 1. The number of aromatic nitrogens is 2. The van der Waals surface area contributed by atoms with Crippen molar-refractivity contribution in [2.45, 2.75) is 72.3 Å². The molecule has 0 unspecified atom stereocenters. The summed E-state index contributed by atoms with van der Waals surface area (Å²) in [5.41, 5.74) is 3.25. The van der Waals surface area contributed by atoms with E-state index < -0.39 is 0 Å². The van der Waals surface area contributed by atoms with Gasteiger partial charge < -0.3 is 20.4 Å². The van der Waals surface area contributed by atoms with Gasteiger partial charge in [-0.1, -0.05) is 32.9 Å². The number of anilines is 3. The Kier molecular flexibility index (Phi) is 8.31. The smallest absolute Gasteiger partial charge is 0.230 e. The van der Waals surface area contributed by atoms with Gasteiger partial charge in [0.15, 0.2) is 0 Å². The summed E-state index contributed by atoms with van der Waals surface area (Å²) in [7, 11) is 1.92. The molecular formula is C31H46N6O2. The van der Waals surface area contributed by atoms with Crippen molar-refractivity contribution in [1.29, 1.82) is 0 Å². The standard InChI is InChI=1S/C31H46N6O2/c1-31(2,3)15-18-36-16-13-23(14-17-36)29(38)32-19-22-9-11-24(12-10-22)30(39)37-21-25-20-33-35(4)28(25)34-26-7-5-6-8-27(26)37/h5-8,20,22-24,34H,9-19,21H2,1-4H3,(H,32,38). The molecule has 0 atom stereocenters. The molecule has 1 aromatic carbocycles. The minimum absolute atomic E-state index is 0.0145. The lowest BCUT2D eigenvalue weighted by Gasteiger charge is -2.34. The zero-order chi connectivity index (χ0) is 27.6. The Morgan fingerprint density at radius 2 is 1.74 bits per heavy atom. The summed E-state index contributed by atoms with van der Waals surface area (Å²) in [5, 5.41) is 11.1. The maximum Gasteiger partial charge on any atom is 0.230 e. The van der Waals surface area contributed by atoms with Crippen LogP contribution in [-0.4, -0.2) is 52.7 Å². The Bertz CT molecular complexity index is 1150. The molecule has 0 radical (unpaired) electrons. The minimum atomic E-state index is 0.0145. The summed E-state index contributed by atoms with van der Waals surface area (Å²) in [4.78, 5) is 31.1. The van der Waals surface area contributed by atoms with Crippen molar-refractivity contribution in [2.24, 2.45) is 30.2 Å². The number of hydrogen-bond donors (Lipinski definition) is 2. The highest BCUT2D eigenvalue weighted by molar-refractivity contribution is 5.99. The fourth-order valence-corrected chi connectivity index (χ4v) is 6.29. The number of benzene rings is 1. The largest absolute Gasteiger partial charge is 0.356 e. The lowest BCUT2D eigenvalue weighted by molar-refractivity contribution is -0.127. The summed E-state index contributed by atoms with van der Waals surface area (Å²) >= 11 is 0. The van der Waals surface area contributed by atoms with Crippen LogP contribution in [-0.2, 0) is 23.2 Å². The van der Waals surface area contributed by atoms with Crippen LogP contribution in [0.1, 0.15) is 71.3 Å². The number of likely N-dealkylation sites (tertiary alicyclic amines) is 1. The molecule has 5 rings (SSSR count). The van der Waals surface area contributed by atoms with Crippen molar-refractivity contribution in [3.8, 4) is 0 Å². The molecule has 39 heavy (non-hydrogen) atoms. The molecule has 1 saturated heterocycles. The number of nitrogens with zero attached hydrogens (tertiary/aromatic N) is 4. The Morgan fingerprint density at radius 3 is 2.46 bits per heavy atom. The molecule has 3 aliphatic rings. The fraction of sp³-hybridized carbons (Fsp3) is 0.645. The highest BCUT2D eigenvalue weighted by Crippen LogP contribution is 2.38. The third kappa shape index (κ3) is 6.65. The molecule has 2 amide bonds. The van der Waals surface area contributed by atoms with E-state index in [1.54, 1.807) is 0 Å². The normalized spacial score (nSPS) is 22.4. The number of piperidine rings is 1. The van der Waals surface area contributed by atoms with Crippen molar-refractivity contribution in [1.82, 2.24) is 20.0 Å². The topological polar surface area (TPSA) is 82.5 Å². The maximum atomic E-state index is 13.8. The molecular weight excluding hydrogens is 488 g/mol. The van der Waals surface area contributed by atoms with E-state index in [1.807, 2.05) is 47.1 Å². The maximum absolute atomic E-state index is 13.8. The van der Waals surface area contributed by atoms with Gasteiger partial charge in [-0.3, -0.25) is 14.3 Å². The molecule has 2 aromatic rings. The number of nitrogens with one attached hydrogen (secondary N) is 2. The van der Waals surface area contributed by atoms with E-state index in [4.69, 9.17) is 0 Å². The molecule has 8 nitrogen and oxygen atoms in total. The van der Waals surface area contributed by atoms with E-state index in [0.29, 0.717) is 17.9 Å². The lowest BCUT2D eigenvalue weighted by atomic mass is 9.81. The average Bonchev–Trinajstić information content (AvgIpc) is 3.18. The predicted octanol–water partition coefficient (Wildman–Crippen LogP) is 5.08. The van der Waals surface area contributed by atoms with Gasteiger partial charge in [-0.15, -0.1) is 0 Å². The summed E-state index contributed by atoms with van der Waals surface area (Å²) < 4.78 is 1.83. The van der Waals surface area contributed by atoms with Gasteiger partial charge in [0.1, 0.15) is 5.82 Å². The van der Waals surface area contributed by atoms with Gasteiger partial charge in [-0.2, -0.15) is 5.10 Å². The molecule has 2 fully saturated rings. The van der Waals surface area contributed by atoms with E-state index in [1.165, 1.54) is 6.42 Å².